The average molecular weight is 335 g/mol. The van der Waals surface area contributed by atoms with Gasteiger partial charge in [-0.15, -0.1) is 0 Å². The number of ether oxygens (including phenoxy) is 1. The van der Waals surface area contributed by atoms with E-state index in [2.05, 4.69) is 10.3 Å². The van der Waals surface area contributed by atoms with Crippen molar-refractivity contribution in [3.8, 4) is 5.75 Å². The molecule has 128 valence electrons. The summed E-state index contributed by atoms with van der Waals surface area (Å²) < 4.78 is 7.71. The van der Waals surface area contributed by atoms with Gasteiger partial charge in [0, 0.05) is 12.1 Å². The Hall–Kier alpha value is -2.82. The van der Waals surface area contributed by atoms with E-state index in [-0.39, 0.29) is 5.91 Å². The van der Waals surface area contributed by atoms with E-state index in [0.717, 1.165) is 29.9 Å². The zero-order chi connectivity index (χ0) is 17.2. The van der Waals surface area contributed by atoms with E-state index >= 15 is 0 Å². The molecule has 2 aromatic carbocycles. The van der Waals surface area contributed by atoms with Crippen molar-refractivity contribution < 1.29 is 9.53 Å². The normalized spacial score (nSPS) is 13.8. The Kier molecular flexibility index (Phi) is 4.14. The van der Waals surface area contributed by atoms with Gasteiger partial charge in [0.05, 0.1) is 17.6 Å². The van der Waals surface area contributed by atoms with Crippen molar-refractivity contribution in [1.82, 2.24) is 9.55 Å². The van der Waals surface area contributed by atoms with Crippen LogP contribution in [0.15, 0.2) is 48.5 Å². The van der Waals surface area contributed by atoms with Crippen LogP contribution in [-0.4, -0.2) is 22.1 Å². The van der Waals surface area contributed by atoms with E-state index in [4.69, 9.17) is 4.74 Å². The molecule has 1 saturated carbocycles. The number of rotatable bonds is 6. The Bertz CT molecular complexity index is 895. The van der Waals surface area contributed by atoms with Crippen molar-refractivity contribution in [3.05, 3.63) is 54.1 Å². The number of aryl methyl sites for hydroxylation is 1. The molecule has 1 amide bonds. The molecule has 1 heterocycles. The quantitative estimate of drug-likeness (QED) is 0.738. The van der Waals surface area contributed by atoms with Gasteiger partial charge in [-0.1, -0.05) is 12.1 Å². The number of nitrogens with zero attached hydrogens (tertiary/aromatic N) is 2. The van der Waals surface area contributed by atoms with Crippen molar-refractivity contribution in [2.75, 3.05) is 11.9 Å². The summed E-state index contributed by atoms with van der Waals surface area (Å²) in [4.78, 5) is 17.1. The first kappa shape index (κ1) is 15.7. The number of imidazole rings is 1. The maximum absolute atomic E-state index is 12.5. The van der Waals surface area contributed by atoms with E-state index in [0.29, 0.717) is 17.4 Å². The Balaban J connectivity index is 1.49. The molecule has 0 radical (unpaired) electrons. The first-order valence-electron chi connectivity index (χ1n) is 8.74. The van der Waals surface area contributed by atoms with Crippen molar-refractivity contribution in [2.24, 2.45) is 5.92 Å². The highest BCUT2D eigenvalue weighted by Gasteiger charge is 2.22. The fourth-order valence-corrected chi connectivity index (χ4v) is 2.87. The number of fused-ring (bicyclic) bond motifs is 1. The molecule has 0 spiro atoms. The molecule has 1 fully saturated rings. The second-order valence-electron chi connectivity index (χ2n) is 6.40. The third kappa shape index (κ3) is 3.36. The zero-order valence-corrected chi connectivity index (χ0v) is 14.2. The van der Waals surface area contributed by atoms with Crippen LogP contribution >= 0.6 is 0 Å². The van der Waals surface area contributed by atoms with E-state index < -0.39 is 0 Å². The number of carbonyl (C=O) groups excluding carboxylic acids is 1. The number of anilines is 1. The standard InChI is InChI=1S/C20H21N3O2/c1-2-23-18-6-4-3-5-17(18)21-20(23)22-19(24)15-9-11-16(12-10-15)25-13-14-7-8-14/h3-6,9-12,14H,2,7-8,13H2,1H3,(H,21,22,24). The number of benzene rings is 2. The number of nitrogens with one attached hydrogen (secondary N) is 1. The van der Waals surface area contributed by atoms with Crippen LogP contribution in [0.25, 0.3) is 11.0 Å². The number of carbonyl (C=O) groups is 1. The van der Waals surface area contributed by atoms with Crippen LogP contribution in [0.2, 0.25) is 0 Å². The predicted octanol–water partition coefficient (Wildman–Crippen LogP) is 4.10. The van der Waals surface area contributed by atoms with Gasteiger partial charge < -0.3 is 9.30 Å². The van der Waals surface area contributed by atoms with Gasteiger partial charge in [-0.2, -0.15) is 0 Å². The molecule has 0 unspecified atom stereocenters. The van der Waals surface area contributed by atoms with Gasteiger partial charge in [0.15, 0.2) is 0 Å². The van der Waals surface area contributed by atoms with Gasteiger partial charge in [-0.25, -0.2) is 4.98 Å². The molecule has 1 N–H and O–H groups in total. The Labute approximate surface area is 146 Å². The Morgan fingerprint density at radius 1 is 1.20 bits per heavy atom. The van der Waals surface area contributed by atoms with Gasteiger partial charge >= 0.3 is 0 Å². The Morgan fingerprint density at radius 2 is 1.96 bits per heavy atom. The first-order chi connectivity index (χ1) is 12.2. The minimum atomic E-state index is -0.168. The van der Waals surface area contributed by atoms with Crippen LogP contribution in [0.1, 0.15) is 30.1 Å². The molecule has 1 aromatic heterocycles. The molecule has 0 saturated heterocycles. The van der Waals surface area contributed by atoms with Crippen LogP contribution < -0.4 is 10.1 Å². The molecule has 4 rings (SSSR count). The summed E-state index contributed by atoms with van der Waals surface area (Å²) in [6, 6.07) is 15.1. The summed E-state index contributed by atoms with van der Waals surface area (Å²) in [5.41, 5.74) is 2.49. The topological polar surface area (TPSA) is 56.2 Å². The fourth-order valence-electron chi connectivity index (χ4n) is 2.87. The lowest BCUT2D eigenvalue weighted by atomic mass is 10.2. The van der Waals surface area contributed by atoms with Gasteiger partial charge in [0.1, 0.15) is 5.75 Å². The lowest BCUT2D eigenvalue weighted by molar-refractivity contribution is 0.102. The van der Waals surface area contributed by atoms with Crippen LogP contribution in [0.4, 0.5) is 5.95 Å². The maximum Gasteiger partial charge on any atom is 0.257 e. The minimum Gasteiger partial charge on any atom is -0.493 e. The van der Waals surface area contributed by atoms with Crippen LogP contribution in [-0.2, 0) is 6.54 Å². The molecular formula is C20H21N3O2. The van der Waals surface area contributed by atoms with Gasteiger partial charge in [-0.05, 0) is 62.1 Å². The summed E-state index contributed by atoms with van der Waals surface area (Å²) in [6.07, 6.45) is 2.53. The monoisotopic (exact) mass is 335 g/mol. The number of hydrogen-bond acceptors (Lipinski definition) is 3. The number of para-hydroxylation sites is 2. The van der Waals surface area contributed by atoms with Crippen molar-refractivity contribution in [3.63, 3.8) is 0 Å². The van der Waals surface area contributed by atoms with E-state index in [1.165, 1.54) is 12.8 Å². The largest absolute Gasteiger partial charge is 0.493 e. The second kappa shape index (κ2) is 6.59. The fraction of sp³-hybridized carbons (Fsp3) is 0.300. The summed E-state index contributed by atoms with van der Waals surface area (Å²) in [7, 11) is 0. The number of hydrogen-bond donors (Lipinski definition) is 1. The van der Waals surface area contributed by atoms with Crippen LogP contribution in [0.3, 0.4) is 0 Å². The number of amides is 1. The van der Waals surface area contributed by atoms with Gasteiger partial charge in [-0.3, -0.25) is 10.1 Å². The summed E-state index contributed by atoms with van der Waals surface area (Å²) >= 11 is 0. The lowest BCUT2D eigenvalue weighted by Gasteiger charge is -2.09. The molecule has 25 heavy (non-hydrogen) atoms. The molecule has 1 aliphatic carbocycles. The van der Waals surface area contributed by atoms with Crippen LogP contribution in [0, 0.1) is 5.92 Å². The van der Waals surface area contributed by atoms with Crippen molar-refractivity contribution >= 4 is 22.9 Å². The molecule has 5 heteroatoms. The van der Waals surface area contributed by atoms with E-state index in [9.17, 15) is 4.79 Å². The highest BCUT2D eigenvalue weighted by Crippen LogP contribution is 2.29. The third-order valence-corrected chi connectivity index (χ3v) is 4.50. The highest BCUT2D eigenvalue weighted by atomic mass is 16.5. The predicted molar refractivity (Wildman–Crippen MR) is 98.0 cm³/mol. The Morgan fingerprint density at radius 3 is 2.68 bits per heavy atom. The first-order valence-corrected chi connectivity index (χ1v) is 8.74. The second-order valence-corrected chi connectivity index (χ2v) is 6.40. The summed E-state index contributed by atoms with van der Waals surface area (Å²) in [5, 5.41) is 2.92. The molecular weight excluding hydrogens is 314 g/mol. The molecule has 0 atom stereocenters. The van der Waals surface area contributed by atoms with E-state index in [1.54, 1.807) is 12.1 Å². The molecule has 5 nitrogen and oxygen atoms in total. The van der Waals surface area contributed by atoms with E-state index in [1.807, 2.05) is 47.9 Å². The maximum atomic E-state index is 12.5. The highest BCUT2D eigenvalue weighted by molar-refractivity contribution is 6.04. The minimum absolute atomic E-state index is 0.168. The number of aromatic nitrogens is 2. The van der Waals surface area contributed by atoms with Crippen molar-refractivity contribution in [2.45, 2.75) is 26.3 Å². The van der Waals surface area contributed by atoms with Crippen molar-refractivity contribution in [1.29, 1.82) is 0 Å². The molecule has 0 bridgehead atoms. The molecule has 0 aliphatic heterocycles. The van der Waals surface area contributed by atoms with Gasteiger partial charge in [0.25, 0.3) is 5.91 Å². The smallest absolute Gasteiger partial charge is 0.257 e. The zero-order valence-electron chi connectivity index (χ0n) is 14.2. The molecule has 3 aromatic rings. The average Bonchev–Trinajstić information content (AvgIpc) is 3.40. The molecule has 1 aliphatic rings. The third-order valence-electron chi connectivity index (χ3n) is 4.50. The summed E-state index contributed by atoms with van der Waals surface area (Å²) in [5.74, 6) is 1.93. The lowest BCUT2D eigenvalue weighted by Crippen LogP contribution is -2.15. The van der Waals surface area contributed by atoms with Crippen LogP contribution in [0.5, 0.6) is 5.75 Å². The SMILES string of the molecule is CCn1c(NC(=O)c2ccc(OCC3CC3)cc2)nc2ccccc21. The van der Waals surface area contributed by atoms with Gasteiger partial charge in [0.2, 0.25) is 5.95 Å². The summed E-state index contributed by atoms with van der Waals surface area (Å²) in [6.45, 7) is 3.55.